The monoisotopic (exact) mass is 258 g/mol. The highest BCUT2D eigenvalue weighted by molar-refractivity contribution is 5.84. The molecule has 0 radical (unpaired) electrons. The molecule has 0 spiro atoms. The fourth-order valence-electron chi connectivity index (χ4n) is 2.12. The van der Waals surface area contributed by atoms with E-state index < -0.39 is 6.04 Å². The summed E-state index contributed by atoms with van der Waals surface area (Å²) in [5, 5.41) is 11.8. The Morgan fingerprint density at radius 3 is 2.37 bits per heavy atom. The highest BCUT2D eigenvalue weighted by Crippen LogP contribution is 2.27. The second kappa shape index (κ2) is 7.58. The molecule has 1 rings (SSSR count). The van der Waals surface area contributed by atoms with Crippen molar-refractivity contribution < 1.29 is 4.79 Å². The van der Waals surface area contributed by atoms with Gasteiger partial charge >= 0.3 is 0 Å². The lowest BCUT2D eigenvalue weighted by molar-refractivity contribution is -0.124. The summed E-state index contributed by atoms with van der Waals surface area (Å²) in [6, 6.07) is 11.5. The molecule has 0 aliphatic heterocycles. The maximum atomic E-state index is 12.4. The maximum absolute atomic E-state index is 12.4. The Kier molecular flexibility index (Phi) is 6.08. The molecule has 3 atom stereocenters. The molecule has 1 amide bonds. The number of nitrogens with zero attached hydrogens (tertiary/aromatic N) is 1. The number of carbonyl (C=O) groups excluding carboxylic acids is 1. The van der Waals surface area contributed by atoms with E-state index in [0.29, 0.717) is 6.42 Å². The van der Waals surface area contributed by atoms with Gasteiger partial charge in [-0.15, -0.1) is 0 Å². The lowest BCUT2D eigenvalue weighted by atomic mass is 9.84. The normalized spacial score (nSPS) is 15.1. The van der Waals surface area contributed by atoms with Crippen molar-refractivity contribution in [1.82, 2.24) is 5.32 Å². The van der Waals surface area contributed by atoms with Gasteiger partial charge in [-0.25, -0.2) is 0 Å². The first kappa shape index (κ1) is 15.2. The summed E-state index contributed by atoms with van der Waals surface area (Å²) in [5.74, 6) is 0.0150. The van der Waals surface area contributed by atoms with Gasteiger partial charge in [0.1, 0.15) is 6.04 Å². The van der Waals surface area contributed by atoms with Crippen LogP contribution >= 0.6 is 0 Å². The third kappa shape index (κ3) is 4.10. The quantitative estimate of drug-likeness (QED) is 0.851. The minimum Gasteiger partial charge on any atom is -0.340 e. The second-order valence-electron chi connectivity index (χ2n) is 4.87. The molecule has 3 unspecified atom stereocenters. The Morgan fingerprint density at radius 1 is 1.26 bits per heavy atom. The van der Waals surface area contributed by atoms with Crippen LogP contribution in [0.25, 0.3) is 0 Å². The van der Waals surface area contributed by atoms with E-state index in [4.69, 9.17) is 5.26 Å². The minimum atomic E-state index is -0.400. The van der Waals surface area contributed by atoms with E-state index in [0.717, 1.165) is 12.0 Å². The summed E-state index contributed by atoms with van der Waals surface area (Å²) in [4.78, 5) is 12.4. The highest BCUT2D eigenvalue weighted by atomic mass is 16.1. The molecule has 1 N–H and O–H groups in total. The first-order valence-corrected chi connectivity index (χ1v) is 6.88. The number of benzene rings is 1. The van der Waals surface area contributed by atoms with E-state index in [9.17, 15) is 4.79 Å². The fraction of sp³-hybridized carbons (Fsp3) is 0.500. The first-order chi connectivity index (χ1) is 9.13. The zero-order valence-corrected chi connectivity index (χ0v) is 11.9. The van der Waals surface area contributed by atoms with Crippen molar-refractivity contribution in [3.8, 4) is 6.07 Å². The molecule has 1 aromatic carbocycles. The Morgan fingerprint density at radius 2 is 1.89 bits per heavy atom. The Balaban J connectivity index is 2.93. The topological polar surface area (TPSA) is 52.9 Å². The van der Waals surface area contributed by atoms with Crippen LogP contribution in [-0.4, -0.2) is 11.9 Å². The molecule has 0 heterocycles. The van der Waals surface area contributed by atoms with Gasteiger partial charge in [-0.1, -0.05) is 57.5 Å². The van der Waals surface area contributed by atoms with Crippen LogP contribution in [-0.2, 0) is 4.79 Å². The lowest BCUT2D eigenvalue weighted by Gasteiger charge is -2.24. The minimum absolute atomic E-state index is 0.0473. The smallest absolute Gasteiger partial charge is 0.228 e. The fourth-order valence-corrected chi connectivity index (χ4v) is 2.12. The standard InChI is InChI=1S/C16H22N2O/c1-4-12(3)15(13-9-7-6-8-10-13)16(19)18-14(5-2)11-17/h6-10,12,14-15H,4-5H2,1-3H3,(H,18,19). The summed E-state index contributed by atoms with van der Waals surface area (Å²) in [7, 11) is 0. The molecular formula is C16H22N2O. The van der Waals surface area contributed by atoms with Gasteiger partial charge in [0.15, 0.2) is 0 Å². The lowest BCUT2D eigenvalue weighted by Crippen LogP contribution is -2.38. The molecule has 1 aromatic rings. The molecule has 0 saturated carbocycles. The molecule has 0 aromatic heterocycles. The zero-order chi connectivity index (χ0) is 14.3. The Bertz CT molecular complexity index is 436. The van der Waals surface area contributed by atoms with Crippen LogP contribution < -0.4 is 5.32 Å². The zero-order valence-electron chi connectivity index (χ0n) is 11.9. The number of hydrogen-bond acceptors (Lipinski definition) is 2. The largest absolute Gasteiger partial charge is 0.340 e. The Labute approximate surface area is 115 Å². The van der Waals surface area contributed by atoms with Gasteiger partial charge in [-0.2, -0.15) is 5.26 Å². The van der Waals surface area contributed by atoms with Gasteiger partial charge in [0.25, 0.3) is 0 Å². The van der Waals surface area contributed by atoms with Gasteiger partial charge < -0.3 is 5.32 Å². The highest BCUT2D eigenvalue weighted by Gasteiger charge is 2.26. The van der Waals surface area contributed by atoms with E-state index in [1.54, 1.807) is 0 Å². The van der Waals surface area contributed by atoms with E-state index in [1.807, 2.05) is 37.3 Å². The molecule has 0 aliphatic carbocycles. The van der Waals surface area contributed by atoms with Crippen molar-refractivity contribution in [2.45, 2.75) is 45.6 Å². The van der Waals surface area contributed by atoms with Crippen LogP contribution in [0.1, 0.15) is 45.1 Å². The third-order valence-corrected chi connectivity index (χ3v) is 3.53. The molecule has 0 saturated heterocycles. The van der Waals surface area contributed by atoms with E-state index >= 15 is 0 Å². The molecule has 0 bridgehead atoms. The predicted octanol–water partition coefficient (Wildman–Crippen LogP) is 3.23. The van der Waals surface area contributed by atoms with Gasteiger partial charge in [0.05, 0.1) is 12.0 Å². The van der Waals surface area contributed by atoms with Crippen LogP contribution in [0.15, 0.2) is 30.3 Å². The number of nitriles is 1. The summed E-state index contributed by atoms with van der Waals surface area (Å²) >= 11 is 0. The SMILES string of the molecule is CCC(C#N)NC(=O)C(c1ccccc1)C(C)CC. The summed E-state index contributed by atoms with van der Waals surface area (Å²) < 4.78 is 0. The van der Waals surface area contributed by atoms with Crippen molar-refractivity contribution >= 4 is 5.91 Å². The molecular weight excluding hydrogens is 236 g/mol. The maximum Gasteiger partial charge on any atom is 0.228 e. The second-order valence-corrected chi connectivity index (χ2v) is 4.87. The van der Waals surface area contributed by atoms with Gasteiger partial charge in [-0.05, 0) is 17.9 Å². The van der Waals surface area contributed by atoms with Crippen molar-refractivity contribution in [3.63, 3.8) is 0 Å². The van der Waals surface area contributed by atoms with E-state index in [-0.39, 0.29) is 17.7 Å². The number of amides is 1. The van der Waals surface area contributed by atoms with E-state index in [1.165, 1.54) is 0 Å². The molecule has 0 fully saturated rings. The van der Waals surface area contributed by atoms with Crippen LogP contribution in [0.2, 0.25) is 0 Å². The summed E-state index contributed by atoms with van der Waals surface area (Å²) in [5.41, 5.74) is 1.02. The number of rotatable bonds is 6. The number of hydrogen-bond donors (Lipinski definition) is 1. The summed E-state index contributed by atoms with van der Waals surface area (Å²) in [6.45, 7) is 6.05. The van der Waals surface area contributed by atoms with Crippen molar-refractivity contribution in [2.75, 3.05) is 0 Å². The van der Waals surface area contributed by atoms with Crippen molar-refractivity contribution in [1.29, 1.82) is 5.26 Å². The number of nitrogens with one attached hydrogen (secondary N) is 1. The van der Waals surface area contributed by atoms with Gasteiger partial charge in [-0.3, -0.25) is 4.79 Å². The van der Waals surface area contributed by atoms with Gasteiger partial charge in [0.2, 0.25) is 5.91 Å². The average Bonchev–Trinajstić information content (AvgIpc) is 2.45. The Hall–Kier alpha value is -1.82. The van der Waals surface area contributed by atoms with Crippen molar-refractivity contribution in [3.05, 3.63) is 35.9 Å². The molecule has 102 valence electrons. The van der Waals surface area contributed by atoms with Crippen LogP contribution in [0.4, 0.5) is 0 Å². The molecule has 0 aliphatic rings. The van der Waals surface area contributed by atoms with Crippen LogP contribution in [0, 0.1) is 17.2 Å². The molecule has 19 heavy (non-hydrogen) atoms. The third-order valence-electron chi connectivity index (χ3n) is 3.53. The van der Waals surface area contributed by atoms with Gasteiger partial charge in [0, 0.05) is 0 Å². The summed E-state index contributed by atoms with van der Waals surface area (Å²) in [6.07, 6.45) is 1.56. The van der Waals surface area contributed by atoms with Crippen LogP contribution in [0.5, 0.6) is 0 Å². The van der Waals surface area contributed by atoms with Crippen molar-refractivity contribution in [2.24, 2.45) is 5.92 Å². The van der Waals surface area contributed by atoms with E-state index in [2.05, 4.69) is 25.2 Å². The number of carbonyl (C=O) groups is 1. The molecule has 3 heteroatoms. The van der Waals surface area contributed by atoms with Crippen LogP contribution in [0.3, 0.4) is 0 Å². The average molecular weight is 258 g/mol. The first-order valence-electron chi connectivity index (χ1n) is 6.88. The molecule has 3 nitrogen and oxygen atoms in total. The predicted molar refractivity (Wildman–Crippen MR) is 76.5 cm³/mol.